The van der Waals surface area contributed by atoms with Crippen molar-refractivity contribution in [3.05, 3.63) is 77.9 Å². The number of piperazine rings is 1. The fourth-order valence-corrected chi connectivity index (χ4v) is 3.38. The Labute approximate surface area is 173 Å². The lowest BCUT2D eigenvalue weighted by Gasteiger charge is -2.34. The molecule has 1 aliphatic heterocycles. The lowest BCUT2D eigenvalue weighted by molar-refractivity contribution is -0.137. The van der Waals surface area contributed by atoms with Crippen LogP contribution in [0.3, 0.4) is 0 Å². The van der Waals surface area contributed by atoms with Crippen LogP contribution >= 0.6 is 0 Å². The Morgan fingerprint density at radius 3 is 2.24 bits per heavy atom. The van der Waals surface area contributed by atoms with Gasteiger partial charge < -0.3 is 10.2 Å². The molecule has 3 rings (SSSR count). The van der Waals surface area contributed by atoms with Gasteiger partial charge in [0.1, 0.15) is 6.42 Å². The van der Waals surface area contributed by atoms with Gasteiger partial charge in [-0.05, 0) is 17.5 Å². The molecule has 2 amide bonds. The molecular weight excluding hydrogens is 362 g/mol. The first kappa shape index (κ1) is 20.8. The average Bonchev–Trinajstić information content (AvgIpc) is 2.76. The van der Waals surface area contributed by atoms with E-state index in [1.807, 2.05) is 48.5 Å². The largest absolute Gasteiger partial charge is 0.355 e. The maximum Gasteiger partial charge on any atom is 0.232 e. The number of hydrogen-bond acceptors (Lipinski definition) is 3. The van der Waals surface area contributed by atoms with Crippen molar-refractivity contribution in [2.24, 2.45) is 0 Å². The van der Waals surface area contributed by atoms with Crippen LogP contribution in [0, 0.1) is 0 Å². The second-order valence-corrected chi connectivity index (χ2v) is 7.26. The molecule has 0 aliphatic carbocycles. The SMILES string of the molecule is O=C(CC(=O)N1CCN(C/C=C/c2ccccc2)CC1)NCCc1ccccc1. The standard InChI is InChI=1S/C24H29N3O2/c28-23(25-14-13-22-10-5-2-6-11-22)20-24(29)27-18-16-26(17-19-27)15-7-12-21-8-3-1-4-9-21/h1-12H,13-20H2,(H,25,28)/b12-7+. The van der Waals surface area contributed by atoms with Crippen molar-refractivity contribution < 1.29 is 9.59 Å². The highest BCUT2D eigenvalue weighted by molar-refractivity contribution is 5.96. The molecule has 0 radical (unpaired) electrons. The van der Waals surface area contributed by atoms with Crippen LogP contribution < -0.4 is 5.32 Å². The van der Waals surface area contributed by atoms with E-state index in [4.69, 9.17) is 0 Å². The minimum atomic E-state index is -0.195. The Morgan fingerprint density at radius 2 is 1.55 bits per heavy atom. The van der Waals surface area contributed by atoms with Crippen molar-refractivity contribution in [2.45, 2.75) is 12.8 Å². The summed E-state index contributed by atoms with van der Waals surface area (Å²) >= 11 is 0. The van der Waals surface area contributed by atoms with E-state index in [1.165, 1.54) is 11.1 Å². The van der Waals surface area contributed by atoms with Gasteiger partial charge in [-0.3, -0.25) is 14.5 Å². The van der Waals surface area contributed by atoms with E-state index in [2.05, 4.69) is 34.5 Å². The fraction of sp³-hybridized carbons (Fsp3) is 0.333. The van der Waals surface area contributed by atoms with Gasteiger partial charge in [0.15, 0.2) is 0 Å². The molecule has 5 nitrogen and oxygen atoms in total. The highest BCUT2D eigenvalue weighted by Crippen LogP contribution is 2.06. The summed E-state index contributed by atoms with van der Waals surface area (Å²) in [6.45, 7) is 4.44. The zero-order chi connectivity index (χ0) is 20.3. The molecule has 5 heteroatoms. The monoisotopic (exact) mass is 391 g/mol. The number of carbonyl (C=O) groups is 2. The van der Waals surface area contributed by atoms with Crippen molar-refractivity contribution in [3.8, 4) is 0 Å². The lowest BCUT2D eigenvalue weighted by atomic mass is 10.1. The molecule has 29 heavy (non-hydrogen) atoms. The Morgan fingerprint density at radius 1 is 0.897 bits per heavy atom. The molecule has 0 atom stereocenters. The predicted molar refractivity (Wildman–Crippen MR) is 116 cm³/mol. The normalized spacial score (nSPS) is 14.8. The van der Waals surface area contributed by atoms with Crippen LogP contribution in [0.5, 0.6) is 0 Å². The van der Waals surface area contributed by atoms with Crippen molar-refractivity contribution in [3.63, 3.8) is 0 Å². The van der Waals surface area contributed by atoms with E-state index in [0.29, 0.717) is 19.6 Å². The maximum atomic E-state index is 12.4. The number of nitrogens with zero attached hydrogens (tertiary/aromatic N) is 2. The van der Waals surface area contributed by atoms with E-state index in [0.717, 1.165) is 26.1 Å². The minimum Gasteiger partial charge on any atom is -0.355 e. The smallest absolute Gasteiger partial charge is 0.232 e. The van der Waals surface area contributed by atoms with Crippen LogP contribution in [-0.2, 0) is 16.0 Å². The van der Waals surface area contributed by atoms with Crippen LogP contribution in [0.2, 0.25) is 0 Å². The lowest BCUT2D eigenvalue weighted by Crippen LogP contribution is -2.49. The zero-order valence-electron chi connectivity index (χ0n) is 16.8. The van der Waals surface area contributed by atoms with Crippen LogP contribution in [0.1, 0.15) is 17.5 Å². The minimum absolute atomic E-state index is 0.0668. The number of rotatable bonds is 8. The quantitative estimate of drug-likeness (QED) is 0.704. The van der Waals surface area contributed by atoms with E-state index in [9.17, 15) is 9.59 Å². The number of hydrogen-bond donors (Lipinski definition) is 1. The second-order valence-electron chi connectivity index (χ2n) is 7.26. The average molecular weight is 392 g/mol. The molecule has 1 aliphatic rings. The third-order valence-electron chi connectivity index (χ3n) is 5.09. The van der Waals surface area contributed by atoms with Gasteiger partial charge in [-0.25, -0.2) is 0 Å². The zero-order valence-corrected chi connectivity index (χ0v) is 16.8. The number of nitrogens with one attached hydrogen (secondary N) is 1. The van der Waals surface area contributed by atoms with Gasteiger partial charge in [-0.1, -0.05) is 72.8 Å². The van der Waals surface area contributed by atoms with Gasteiger partial charge in [0.2, 0.25) is 11.8 Å². The Bertz CT molecular complexity index is 797. The van der Waals surface area contributed by atoms with Crippen molar-refractivity contribution in [1.29, 1.82) is 0 Å². The topological polar surface area (TPSA) is 52.7 Å². The summed E-state index contributed by atoms with van der Waals surface area (Å²) in [5.41, 5.74) is 2.37. The van der Waals surface area contributed by atoms with Crippen LogP contribution in [-0.4, -0.2) is 60.9 Å². The first-order valence-electron chi connectivity index (χ1n) is 10.2. The summed E-state index contributed by atoms with van der Waals surface area (Å²) in [7, 11) is 0. The van der Waals surface area contributed by atoms with Crippen LogP contribution in [0.15, 0.2) is 66.7 Å². The molecule has 1 saturated heterocycles. The van der Waals surface area contributed by atoms with E-state index in [-0.39, 0.29) is 18.2 Å². The summed E-state index contributed by atoms with van der Waals surface area (Å²) in [5.74, 6) is -0.277. The van der Waals surface area contributed by atoms with Crippen LogP contribution in [0.4, 0.5) is 0 Å². The summed E-state index contributed by atoms with van der Waals surface area (Å²) in [6.07, 6.45) is 4.99. The van der Waals surface area contributed by atoms with Gasteiger partial charge in [-0.2, -0.15) is 0 Å². The van der Waals surface area contributed by atoms with Gasteiger partial charge in [0.05, 0.1) is 0 Å². The fourth-order valence-electron chi connectivity index (χ4n) is 3.38. The Hall–Kier alpha value is -2.92. The first-order valence-corrected chi connectivity index (χ1v) is 10.2. The molecule has 0 saturated carbocycles. The molecule has 2 aromatic carbocycles. The molecule has 2 aromatic rings. The number of amides is 2. The number of carbonyl (C=O) groups excluding carboxylic acids is 2. The van der Waals surface area contributed by atoms with E-state index in [1.54, 1.807) is 4.90 Å². The summed E-state index contributed by atoms with van der Waals surface area (Å²) in [5, 5.41) is 2.85. The van der Waals surface area contributed by atoms with Gasteiger partial charge in [0, 0.05) is 39.3 Å². The highest BCUT2D eigenvalue weighted by Gasteiger charge is 2.22. The molecule has 1 heterocycles. The van der Waals surface area contributed by atoms with Crippen molar-refractivity contribution >= 4 is 17.9 Å². The van der Waals surface area contributed by atoms with Crippen LogP contribution in [0.25, 0.3) is 6.08 Å². The molecule has 1 N–H and O–H groups in total. The first-order chi connectivity index (χ1) is 14.2. The second kappa shape index (κ2) is 11.2. The van der Waals surface area contributed by atoms with E-state index >= 15 is 0 Å². The molecular formula is C24H29N3O2. The third-order valence-corrected chi connectivity index (χ3v) is 5.09. The summed E-state index contributed by atoms with van der Waals surface area (Å²) in [4.78, 5) is 28.6. The molecule has 0 unspecified atom stereocenters. The summed E-state index contributed by atoms with van der Waals surface area (Å²) < 4.78 is 0. The van der Waals surface area contributed by atoms with Crippen molar-refractivity contribution in [2.75, 3.05) is 39.3 Å². The van der Waals surface area contributed by atoms with Gasteiger partial charge >= 0.3 is 0 Å². The molecule has 152 valence electrons. The predicted octanol–water partition coefficient (Wildman–Crippen LogP) is 2.59. The number of benzene rings is 2. The highest BCUT2D eigenvalue weighted by atomic mass is 16.2. The Balaban J connectivity index is 1.32. The van der Waals surface area contributed by atoms with Gasteiger partial charge in [-0.15, -0.1) is 0 Å². The van der Waals surface area contributed by atoms with E-state index < -0.39 is 0 Å². The molecule has 0 bridgehead atoms. The molecule has 1 fully saturated rings. The Kier molecular flexibility index (Phi) is 8.01. The molecule has 0 aromatic heterocycles. The van der Waals surface area contributed by atoms with Gasteiger partial charge in [0.25, 0.3) is 0 Å². The summed E-state index contributed by atoms with van der Waals surface area (Å²) in [6, 6.07) is 20.2. The maximum absolute atomic E-state index is 12.4. The third kappa shape index (κ3) is 7.20. The van der Waals surface area contributed by atoms with Crippen molar-refractivity contribution in [1.82, 2.24) is 15.1 Å². The molecule has 0 spiro atoms.